The second kappa shape index (κ2) is 4.95. The van der Waals surface area contributed by atoms with Crippen LogP contribution in [0.3, 0.4) is 0 Å². The Balaban J connectivity index is 2.12. The summed E-state index contributed by atoms with van der Waals surface area (Å²) in [7, 11) is 0. The van der Waals surface area contributed by atoms with E-state index in [2.05, 4.69) is 34.3 Å². The molecule has 0 bridgehead atoms. The summed E-state index contributed by atoms with van der Waals surface area (Å²) in [5.41, 5.74) is 1.44. The van der Waals surface area contributed by atoms with Gasteiger partial charge in [-0.05, 0) is 12.0 Å². The maximum Gasteiger partial charge on any atom is 0.148 e. The van der Waals surface area contributed by atoms with E-state index in [-0.39, 0.29) is 5.82 Å². The smallest absolute Gasteiger partial charge is 0.148 e. The van der Waals surface area contributed by atoms with Crippen LogP contribution in [0.15, 0.2) is 24.5 Å². The summed E-state index contributed by atoms with van der Waals surface area (Å²) < 4.78 is 13.0. The van der Waals surface area contributed by atoms with Crippen molar-refractivity contribution in [3.05, 3.63) is 30.3 Å². The SMILES string of the molecule is CC(C)CNc1cc(-c2cncc(F)c2)[nH]n1. The lowest BCUT2D eigenvalue weighted by atomic mass is 10.2. The Morgan fingerprint density at radius 3 is 2.88 bits per heavy atom. The third kappa shape index (κ3) is 3.03. The molecule has 0 unspecified atom stereocenters. The van der Waals surface area contributed by atoms with Crippen molar-refractivity contribution in [1.82, 2.24) is 15.2 Å². The van der Waals surface area contributed by atoms with E-state index < -0.39 is 0 Å². The molecule has 0 aliphatic heterocycles. The highest BCUT2D eigenvalue weighted by Gasteiger charge is 2.05. The average molecular weight is 234 g/mol. The predicted octanol–water partition coefficient (Wildman–Crippen LogP) is 2.68. The molecule has 0 spiro atoms. The molecular formula is C12H15FN4. The van der Waals surface area contributed by atoms with E-state index in [0.717, 1.165) is 18.1 Å². The van der Waals surface area contributed by atoms with Gasteiger partial charge in [-0.15, -0.1) is 0 Å². The molecule has 0 fully saturated rings. The molecule has 2 N–H and O–H groups in total. The van der Waals surface area contributed by atoms with E-state index in [1.807, 2.05) is 6.07 Å². The van der Waals surface area contributed by atoms with E-state index in [1.54, 1.807) is 6.20 Å². The van der Waals surface area contributed by atoms with E-state index in [1.165, 1.54) is 12.3 Å². The van der Waals surface area contributed by atoms with Gasteiger partial charge in [0.1, 0.15) is 11.6 Å². The summed E-state index contributed by atoms with van der Waals surface area (Å²) in [6.07, 6.45) is 2.78. The molecule has 2 aromatic rings. The molecule has 4 nitrogen and oxygen atoms in total. The number of anilines is 1. The minimum atomic E-state index is -0.353. The van der Waals surface area contributed by atoms with Gasteiger partial charge < -0.3 is 5.32 Å². The number of pyridine rings is 1. The second-order valence-electron chi connectivity index (χ2n) is 4.33. The van der Waals surface area contributed by atoms with Gasteiger partial charge in [-0.1, -0.05) is 13.8 Å². The van der Waals surface area contributed by atoms with Crippen molar-refractivity contribution in [2.24, 2.45) is 5.92 Å². The van der Waals surface area contributed by atoms with Crippen LogP contribution in [0.2, 0.25) is 0 Å². The van der Waals surface area contributed by atoms with Gasteiger partial charge in [-0.3, -0.25) is 10.1 Å². The number of halogens is 1. The van der Waals surface area contributed by atoms with Crippen LogP contribution in [0.1, 0.15) is 13.8 Å². The number of rotatable bonds is 4. The first kappa shape index (κ1) is 11.6. The standard InChI is InChI=1S/C12H15FN4/c1-8(2)5-15-12-4-11(16-17-12)9-3-10(13)7-14-6-9/h3-4,6-8H,5H2,1-2H3,(H2,15,16,17). The summed E-state index contributed by atoms with van der Waals surface area (Å²) in [4.78, 5) is 3.80. The first-order valence-corrected chi connectivity index (χ1v) is 5.55. The van der Waals surface area contributed by atoms with Gasteiger partial charge in [0.05, 0.1) is 11.9 Å². The van der Waals surface area contributed by atoms with E-state index in [4.69, 9.17) is 0 Å². The number of H-pyrrole nitrogens is 1. The van der Waals surface area contributed by atoms with Crippen LogP contribution in [-0.4, -0.2) is 21.7 Å². The quantitative estimate of drug-likeness (QED) is 0.855. The zero-order chi connectivity index (χ0) is 12.3. The van der Waals surface area contributed by atoms with Crippen molar-refractivity contribution in [2.45, 2.75) is 13.8 Å². The van der Waals surface area contributed by atoms with Crippen LogP contribution in [-0.2, 0) is 0 Å². The summed E-state index contributed by atoms with van der Waals surface area (Å²) in [5.74, 6) is 0.956. The van der Waals surface area contributed by atoms with Crippen molar-refractivity contribution >= 4 is 5.82 Å². The van der Waals surface area contributed by atoms with Crippen LogP contribution in [0.5, 0.6) is 0 Å². The molecule has 0 amide bonds. The summed E-state index contributed by atoms with van der Waals surface area (Å²) >= 11 is 0. The first-order chi connectivity index (χ1) is 8.15. The molecule has 17 heavy (non-hydrogen) atoms. The maximum absolute atomic E-state index is 13.0. The number of hydrogen-bond acceptors (Lipinski definition) is 3. The number of nitrogens with one attached hydrogen (secondary N) is 2. The lowest BCUT2D eigenvalue weighted by molar-refractivity contribution is 0.622. The van der Waals surface area contributed by atoms with Gasteiger partial charge in [0.25, 0.3) is 0 Å². The van der Waals surface area contributed by atoms with E-state index >= 15 is 0 Å². The van der Waals surface area contributed by atoms with Crippen molar-refractivity contribution in [3.8, 4) is 11.3 Å². The fourth-order valence-corrected chi connectivity index (χ4v) is 1.43. The van der Waals surface area contributed by atoms with Crippen LogP contribution in [0, 0.1) is 11.7 Å². The maximum atomic E-state index is 13.0. The minimum absolute atomic E-state index is 0.353. The number of aromatic nitrogens is 3. The van der Waals surface area contributed by atoms with Crippen LogP contribution in [0.25, 0.3) is 11.3 Å². The number of aromatic amines is 1. The second-order valence-corrected chi connectivity index (χ2v) is 4.33. The van der Waals surface area contributed by atoms with E-state index in [0.29, 0.717) is 11.5 Å². The fraction of sp³-hybridized carbons (Fsp3) is 0.333. The Kier molecular flexibility index (Phi) is 3.37. The Bertz CT molecular complexity index is 493. The van der Waals surface area contributed by atoms with Crippen LogP contribution in [0.4, 0.5) is 10.2 Å². The first-order valence-electron chi connectivity index (χ1n) is 5.55. The molecule has 90 valence electrons. The molecule has 0 aliphatic rings. The highest BCUT2D eigenvalue weighted by atomic mass is 19.1. The van der Waals surface area contributed by atoms with Crippen molar-refractivity contribution < 1.29 is 4.39 Å². The topological polar surface area (TPSA) is 53.6 Å². The molecule has 5 heteroatoms. The molecule has 2 rings (SSSR count). The lowest BCUT2D eigenvalue weighted by Crippen LogP contribution is -2.07. The summed E-state index contributed by atoms with van der Waals surface area (Å²) in [6, 6.07) is 3.27. The number of hydrogen-bond donors (Lipinski definition) is 2. The van der Waals surface area contributed by atoms with Crippen LogP contribution < -0.4 is 5.32 Å². The van der Waals surface area contributed by atoms with Gasteiger partial charge >= 0.3 is 0 Å². The molecular weight excluding hydrogens is 219 g/mol. The average Bonchev–Trinajstić information content (AvgIpc) is 2.75. The monoisotopic (exact) mass is 234 g/mol. The van der Waals surface area contributed by atoms with Gasteiger partial charge in [-0.2, -0.15) is 5.10 Å². The molecule has 2 aromatic heterocycles. The van der Waals surface area contributed by atoms with Gasteiger partial charge in [0.2, 0.25) is 0 Å². The third-order valence-corrected chi connectivity index (χ3v) is 2.29. The molecule has 0 saturated carbocycles. The van der Waals surface area contributed by atoms with Gasteiger partial charge in [-0.25, -0.2) is 4.39 Å². The largest absolute Gasteiger partial charge is 0.368 e. The van der Waals surface area contributed by atoms with Crippen molar-refractivity contribution in [2.75, 3.05) is 11.9 Å². The minimum Gasteiger partial charge on any atom is -0.368 e. The Morgan fingerprint density at radius 1 is 1.35 bits per heavy atom. The normalized spacial score (nSPS) is 10.8. The zero-order valence-corrected chi connectivity index (χ0v) is 9.87. The van der Waals surface area contributed by atoms with Crippen molar-refractivity contribution in [3.63, 3.8) is 0 Å². The fourth-order valence-electron chi connectivity index (χ4n) is 1.43. The highest BCUT2D eigenvalue weighted by molar-refractivity contribution is 5.61. The zero-order valence-electron chi connectivity index (χ0n) is 9.87. The third-order valence-electron chi connectivity index (χ3n) is 2.29. The number of nitrogens with zero attached hydrogens (tertiary/aromatic N) is 2. The predicted molar refractivity (Wildman–Crippen MR) is 65.1 cm³/mol. The van der Waals surface area contributed by atoms with Crippen LogP contribution >= 0.6 is 0 Å². The molecule has 0 atom stereocenters. The molecule has 0 radical (unpaired) electrons. The summed E-state index contributed by atoms with van der Waals surface area (Å²) in [6.45, 7) is 5.10. The molecule has 0 aliphatic carbocycles. The lowest BCUT2D eigenvalue weighted by Gasteiger charge is -2.04. The molecule has 2 heterocycles. The van der Waals surface area contributed by atoms with Gasteiger partial charge in [0.15, 0.2) is 0 Å². The Labute approximate surface area is 99.3 Å². The Hall–Kier alpha value is -1.91. The van der Waals surface area contributed by atoms with E-state index in [9.17, 15) is 4.39 Å². The van der Waals surface area contributed by atoms with Crippen molar-refractivity contribution in [1.29, 1.82) is 0 Å². The summed E-state index contributed by atoms with van der Waals surface area (Å²) in [5, 5.41) is 10.2. The van der Waals surface area contributed by atoms with Gasteiger partial charge in [0, 0.05) is 24.4 Å². The molecule has 0 saturated heterocycles. The molecule has 0 aromatic carbocycles. The Morgan fingerprint density at radius 2 is 2.18 bits per heavy atom. The highest BCUT2D eigenvalue weighted by Crippen LogP contribution is 2.19.